The number of hydrogen-bond acceptors (Lipinski definition) is 4. The number of rotatable bonds is 4. The van der Waals surface area contributed by atoms with Crippen LogP contribution in [0.1, 0.15) is 17.4 Å². The average Bonchev–Trinajstić information content (AvgIpc) is 2.73. The minimum atomic E-state index is -0.842. The molecule has 1 unspecified atom stereocenters. The molecule has 94 valence electrons. The predicted octanol–water partition coefficient (Wildman–Crippen LogP) is 1.09. The van der Waals surface area contributed by atoms with Crippen LogP contribution < -0.4 is 0 Å². The summed E-state index contributed by atoms with van der Waals surface area (Å²) in [6.07, 6.45) is 0. The minimum absolute atomic E-state index is 0.478. The van der Waals surface area contributed by atoms with Gasteiger partial charge < -0.3 is 14.3 Å². The van der Waals surface area contributed by atoms with Gasteiger partial charge in [-0.2, -0.15) is 0 Å². The highest BCUT2D eigenvalue weighted by Crippen LogP contribution is 2.20. The maximum atomic E-state index is 11.3. The summed E-state index contributed by atoms with van der Waals surface area (Å²) in [6, 6.07) is 3.54. The fourth-order valence-electron chi connectivity index (χ4n) is 1.97. The first-order valence-corrected chi connectivity index (χ1v) is 5.76. The lowest BCUT2D eigenvalue weighted by Crippen LogP contribution is -2.40. The monoisotopic (exact) mass is 239 g/mol. The van der Waals surface area contributed by atoms with E-state index in [0.717, 1.165) is 18.8 Å². The number of carboxylic acids is 1. The van der Waals surface area contributed by atoms with Gasteiger partial charge in [0.05, 0.1) is 13.2 Å². The topological polar surface area (TPSA) is 62.9 Å². The van der Waals surface area contributed by atoms with Crippen molar-refractivity contribution in [2.24, 2.45) is 0 Å². The molecular formula is C12H17NO4. The Labute approximate surface area is 100.0 Å². The Hall–Kier alpha value is -1.33. The van der Waals surface area contributed by atoms with Crippen molar-refractivity contribution in [3.63, 3.8) is 0 Å². The molecule has 1 fully saturated rings. The van der Waals surface area contributed by atoms with Gasteiger partial charge in [-0.05, 0) is 19.1 Å². The summed E-state index contributed by atoms with van der Waals surface area (Å²) in [6.45, 7) is 5.20. The van der Waals surface area contributed by atoms with Crippen molar-refractivity contribution in [1.82, 2.24) is 4.90 Å². The zero-order valence-electron chi connectivity index (χ0n) is 9.89. The quantitative estimate of drug-likeness (QED) is 0.852. The van der Waals surface area contributed by atoms with Crippen LogP contribution >= 0.6 is 0 Å². The van der Waals surface area contributed by atoms with Crippen LogP contribution in [0.5, 0.6) is 0 Å². The van der Waals surface area contributed by atoms with Crippen LogP contribution in [0.4, 0.5) is 0 Å². The van der Waals surface area contributed by atoms with Crippen molar-refractivity contribution >= 4 is 5.97 Å². The van der Waals surface area contributed by atoms with Crippen LogP contribution in [0.3, 0.4) is 0 Å². The molecule has 0 aromatic carbocycles. The highest BCUT2D eigenvalue weighted by Gasteiger charge is 2.26. The second-order valence-electron chi connectivity index (χ2n) is 4.25. The van der Waals surface area contributed by atoms with Gasteiger partial charge in [0.2, 0.25) is 0 Å². The van der Waals surface area contributed by atoms with Gasteiger partial charge in [0.1, 0.15) is 17.4 Å². The summed E-state index contributed by atoms with van der Waals surface area (Å²) in [4.78, 5) is 13.4. The van der Waals surface area contributed by atoms with E-state index in [1.807, 2.05) is 6.92 Å². The lowest BCUT2D eigenvalue weighted by molar-refractivity contribution is -0.140. The molecule has 1 saturated heterocycles. The smallest absolute Gasteiger partial charge is 0.315 e. The predicted molar refractivity (Wildman–Crippen MR) is 61.1 cm³/mol. The van der Waals surface area contributed by atoms with Gasteiger partial charge in [-0.1, -0.05) is 0 Å². The number of nitrogens with zero attached hydrogens (tertiary/aromatic N) is 1. The van der Waals surface area contributed by atoms with E-state index in [1.54, 1.807) is 12.1 Å². The highest BCUT2D eigenvalue weighted by atomic mass is 16.5. The standard InChI is InChI=1S/C12H17NO4/c1-9-2-3-11(17-9)10(12(14)15)8-13-4-6-16-7-5-13/h2-3,10H,4-8H2,1H3,(H,14,15). The minimum Gasteiger partial charge on any atom is -0.481 e. The fraction of sp³-hybridized carbons (Fsp3) is 0.583. The Balaban J connectivity index is 2.04. The molecule has 1 N–H and O–H groups in total. The molecule has 17 heavy (non-hydrogen) atoms. The summed E-state index contributed by atoms with van der Waals surface area (Å²) in [5.41, 5.74) is 0. The Morgan fingerprint density at radius 2 is 2.18 bits per heavy atom. The van der Waals surface area contributed by atoms with Gasteiger partial charge >= 0.3 is 5.97 Å². The van der Waals surface area contributed by atoms with Crippen molar-refractivity contribution in [3.8, 4) is 0 Å². The van der Waals surface area contributed by atoms with Gasteiger partial charge in [-0.15, -0.1) is 0 Å². The molecule has 2 heterocycles. The zero-order valence-corrected chi connectivity index (χ0v) is 9.89. The number of morpholine rings is 1. The normalized spacial score (nSPS) is 19.1. The third-order valence-corrected chi connectivity index (χ3v) is 2.95. The van der Waals surface area contributed by atoms with Gasteiger partial charge in [0.15, 0.2) is 0 Å². The largest absolute Gasteiger partial charge is 0.481 e. The Kier molecular flexibility index (Phi) is 3.81. The van der Waals surface area contributed by atoms with Crippen molar-refractivity contribution in [2.45, 2.75) is 12.8 Å². The van der Waals surface area contributed by atoms with Gasteiger partial charge in [-0.3, -0.25) is 9.69 Å². The number of furan rings is 1. The molecule has 2 rings (SSSR count). The Bertz CT molecular complexity index is 382. The van der Waals surface area contributed by atoms with Crippen LogP contribution in [0.25, 0.3) is 0 Å². The van der Waals surface area contributed by atoms with E-state index in [1.165, 1.54) is 0 Å². The summed E-state index contributed by atoms with van der Waals surface area (Å²) in [5.74, 6) is -0.164. The zero-order chi connectivity index (χ0) is 12.3. The van der Waals surface area contributed by atoms with E-state index in [0.29, 0.717) is 25.5 Å². The van der Waals surface area contributed by atoms with Gasteiger partial charge in [0.25, 0.3) is 0 Å². The van der Waals surface area contributed by atoms with Crippen molar-refractivity contribution in [1.29, 1.82) is 0 Å². The van der Waals surface area contributed by atoms with Gasteiger partial charge in [-0.25, -0.2) is 0 Å². The number of aryl methyl sites for hydroxylation is 1. The number of ether oxygens (including phenoxy) is 1. The van der Waals surface area contributed by atoms with Crippen LogP contribution in [0.15, 0.2) is 16.5 Å². The lowest BCUT2D eigenvalue weighted by atomic mass is 10.1. The van der Waals surface area contributed by atoms with E-state index in [-0.39, 0.29) is 0 Å². The molecule has 1 aromatic rings. The molecule has 1 aromatic heterocycles. The molecular weight excluding hydrogens is 222 g/mol. The summed E-state index contributed by atoms with van der Waals surface area (Å²) >= 11 is 0. The van der Waals surface area contributed by atoms with E-state index < -0.39 is 11.9 Å². The fourth-order valence-corrected chi connectivity index (χ4v) is 1.97. The van der Waals surface area contributed by atoms with Crippen LogP contribution in [0, 0.1) is 6.92 Å². The number of aliphatic carboxylic acids is 1. The van der Waals surface area contributed by atoms with E-state index >= 15 is 0 Å². The summed E-state index contributed by atoms with van der Waals surface area (Å²) in [5, 5.41) is 9.25. The van der Waals surface area contributed by atoms with Crippen molar-refractivity contribution in [3.05, 3.63) is 23.7 Å². The molecule has 5 nitrogen and oxygen atoms in total. The second-order valence-corrected chi connectivity index (χ2v) is 4.25. The lowest BCUT2D eigenvalue weighted by Gasteiger charge is -2.28. The number of hydrogen-bond donors (Lipinski definition) is 1. The molecule has 0 saturated carbocycles. The maximum Gasteiger partial charge on any atom is 0.315 e. The van der Waals surface area contributed by atoms with E-state index in [2.05, 4.69) is 4.90 Å². The molecule has 1 aliphatic rings. The first-order chi connectivity index (χ1) is 8.16. The Morgan fingerprint density at radius 1 is 1.47 bits per heavy atom. The van der Waals surface area contributed by atoms with Crippen LogP contribution in [0.2, 0.25) is 0 Å². The van der Waals surface area contributed by atoms with Crippen molar-refractivity contribution < 1.29 is 19.1 Å². The van der Waals surface area contributed by atoms with Gasteiger partial charge in [0, 0.05) is 19.6 Å². The van der Waals surface area contributed by atoms with Crippen LogP contribution in [-0.2, 0) is 9.53 Å². The Morgan fingerprint density at radius 3 is 2.71 bits per heavy atom. The first kappa shape index (κ1) is 12.1. The van der Waals surface area contributed by atoms with Crippen LogP contribution in [-0.4, -0.2) is 48.8 Å². The number of carboxylic acid groups (broad SMARTS) is 1. The highest BCUT2D eigenvalue weighted by molar-refractivity contribution is 5.75. The van der Waals surface area contributed by atoms with E-state index in [9.17, 15) is 9.90 Å². The molecule has 0 amide bonds. The molecule has 5 heteroatoms. The molecule has 1 aliphatic heterocycles. The number of carbonyl (C=O) groups is 1. The molecule has 0 bridgehead atoms. The molecule has 1 atom stereocenters. The van der Waals surface area contributed by atoms with E-state index in [4.69, 9.17) is 9.15 Å². The van der Waals surface area contributed by atoms with Crippen molar-refractivity contribution in [2.75, 3.05) is 32.8 Å². The SMILES string of the molecule is Cc1ccc(C(CN2CCOCC2)C(=O)O)o1. The molecule has 0 radical (unpaired) electrons. The first-order valence-electron chi connectivity index (χ1n) is 5.76. The molecule has 0 aliphatic carbocycles. The maximum absolute atomic E-state index is 11.3. The third kappa shape index (κ3) is 3.08. The molecule has 0 spiro atoms. The average molecular weight is 239 g/mol. The summed E-state index contributed by atoms with van der Waals surface area (Å²) in [7, 11) is 0. The second kappa shape index (κ2) is 5.33. The summed E-state index contributed by atoms with van der Waals surface area (Å²) < 4.78 is 10.6. The third-order valence-electron chi connectivity index (χ3n) is 2.95.